The van der Waals surface area contributed by atoms with Crippen LogP contribution in [0.1, 0.15) is 39.7 Å². The van der Waals surface area contributed by atoms with E-state index in [1.54, 1.807) is 26.8 Å². The summed E-state index contributed by atoms with van der Waals surface area (Å²) < 4.78 is 35.4. The van der Waals surface area contributed by atoms with Crippen LogP contribution in [0.5, 0.6) is 0 Å². The van der Waals surface area contributed by atoms with Crippen molar-refractivity contribution in [3.63, 3.8) is 0 Å². The number of anilines is 1. The van der Waals surface area contributed by atoms with E-state index in [1.165, 1.54) is 10.8 Å². The quantitative estimate of drug-likeness (QED) is 0.138. The van der Waals surface area contributed by atoms with E-state index in [0.29, 0.717) is 11.9 Å². The number of carbonyl (C=O) groups is 2. The van der Waals surface area contributed by atoms with Gasteiger partial charge in [0.05, 0.1) is 19.8 Å². The molecule has 0 spiro atoms. The molecule has 5 atom stereocenters. The molecule has 3 aliphatic rings. The second kappa shape index (κ2) is 11.0. The molecule has 5 N–H and O–H groups in total. The minimum Gasteiger partial charge on any atom is -0.465 e. The van der Waals surface area contributed by atoms with Crippen LogP contribution in [0.15, 0.2) is 17.1 Å². The molecule has 4 rings (SSSR count). The first-order chi connectivity index (χ1) is 18.0. The zero-order chi connectivity index (χ0) is 27.7. The minimum atomic E-state index is -4.04. The van der Waals surface area contributed by atoms with Crippen LogP contribution in [0.25, 0.3) is 0 Å². The van der Waals surface area contributed by atoms with E-state index in [4.69, 9.17) is 18.7 Å². The lowest BCUT2D eigenvalue weighted by Crippen LogP contribution is -2.42. The van der Waals surface area contributed by atoms with Gasteiger partial charge < -0.3 is 34.3 Å². The average molecular weight is 560 g/mol. The summed E-state index contributed by atoms with van der Waals surface area (Å²) in [6.45, 7) is 3.54. The van der Waals surface area contributed by atoms with Crippen molar-refractivity contribution in [1.29, 1.82) is 0 Å². The van der Waals surface area contributed by atoms with Gasteiger partial charge in [0.15, 0.2) is 0 Å². The lowest BCUT2D eigenvalue weighted by atomic mass is 10.1. The summed E-state index contributed by atoms with van der Waals surface area (Å²) in [5.41, 5.74) is -3.79. The predicted molar refractivity (Wildman–Crippen MR) is 131 cm³/mol. The Morgan fingerprint density at radius 1 is 1.21 bits per heavy atom. The molecule has 0 aromatic carbocycles. The van der Waals surface area contributed by atoms with E-state index in [1.807, 2.05) is 0 Å². The topological polar surface area (TPSA) is 200 Å². The number of ether oxygens (including phenoxy) is 3. The van der Waals surface area contributed by atoms with Gasteiger partial charge in [-0.2, -0.15) is 4.98 Å². The van der Waals surface area contributed by atoms with Crippen LogP contribution in [-0.4, -0.2) is 94.1 Å². The Kier molecular flexibility index (Phi) is 8.28. The van der Waals surface area contributed by atoms with Gasteiger partial charge in [-0.25, -0.2) is 15.0 Å². The number of aromatic nitrogens is 2. The molecule has 0 bridgehead atoms. The zero-order valence-corrected chi connectivity index (χ0v) is 22.3. The Morgan fingerprint density at radius 2 is 1.82 bits per heavy atom. The SMILES string of the molecule is CCOC(=O)CNP(=O)(NCC(=O)OCC)OC[C@H]1OC2(C)[C@@H](n3ccc(NC4CC4)nc3=O)C2(O)C1O. The third-order valence-corrected chi connectivity index (χ3v) is 8.44. The van der Waals surface area contributed by atoms with Gasteiger partial charge in [0.2, 0.25) is 0 Å². The lowest BCUT2D eigenvalue weighted by Gasteiger charge is -2.26. The molecule has 1 saturated heterocycles. The highest BCUT2D eigenvalue weighted by Crippen LogP contribution is 2.67. The van der Waals surface area contributed by atoms with Gasteiger partial charge in [0.1, 0.15) is 48.4 Å². The Balaban J connectivity index is 1.40. The van der Waals surface area contributed by atoms with Crippen molar-refractivity contribution in [2.75, 3.05) is 38.2 Å². The van der Waals surface area contributed by atoms with Crippen LogP contribution < -0.4 is 21.2 Å². The summed E-state index contributed by atoms with van der Waals surface area (Å²) in [6.07, 6.45) is 0.858. The summed E-state index contributed by atoms with van der Waals surface area (Å²) in [5, 5.41) is 30.1. The molecule has 0 amide bonds. The van der Waals surface area contributed by atoms with E-state index >= 15 is 0 Å². The Labute approximate surface area is 218 Å². The number of fused-ring (bicyclic) bond motifs is 1. The fourth-order valence-corrected chi connectivity index (χ4v) is 6.00. The van der Waals surface area contributed by atoms with Crippen molar-refractivity contribution in [3.8, 4) is 0 Å². The largest absolute Gasteiger partial charge is 0.465 e. The zero-order valence-electron chi connectivity index (χ0n) is 21.4. The van der Waals surface area contributed by atoms with Crippen LogP contribution in [0.4, 0.5) is 5.82 Å². The van der Waals surface area contributed by atoms with Crippen molar-refractivity contribution in [1.82, 2.24) is 19.7 Å². The van der Waals surface area contributed by atoms with Gasteiger partial charge in [0, 0.05) is 12.2 Å². The molecule has 16 heteroatoms. The standard InChI is InChI=1S/C22H34N5O10P/c1-4-34-16(28)10-23-38(33,24-11-17(29)35-5-2)36-12-14-18(30)22(32)19(21(22,3)37-14)27-9-8-15(26-20(27)31)25-13-6-7-13/h8-9,13-14,18-19,30,32H,4-7,10-12H2,1-3H3,(H2,23,24,33)(H,25,26,31)/t14-,18?,19-,21?,22?/m1/s1. The van der Waals surface area contributed by atoms with Crippen LogP contribution in [0, 0.1) is 0 Å². The third kappa shape index (κ3) is 5.64. The van der Waals surface area contributed by atoms with E-state index in [0.717, 1.165) is 12.8 Å². The normalized spacial score (nSPS) is 30.0. The highest BCUT2D eigenvalue weighted by Gasteiger charge is 2.85. The highest BCUT2D eigenvalue weighted by atomic mass is 31.2. The first-order valence-corrected chi connectivity index (χ1v) is 14.1. The molecule has 1 aromatic heterocycles. The number of carbonyl (C=O) groups excluding carboxylic acids is 2. The Hall–Kier alpha value is -2.39. The number of nitrogens with one attached hydrogen (secondary N) is 3. The smallest absolute Gasteiger partial charge is 0.349 e. The maximum atomic E-state index is 13.3. The number of esters is 2. The molecule has 0 radical (unpaired) electrons. The highest BCUT2D eigenvalue weighted by molar-refractivity contribution is 7.54. The molecule has 2 heterocycles. The van der Waals surface area contributed by atoms with Gasteiger partial charge in [0.25, 0.3) is 0 Å². The van der Waals surface area contributed by atoms with Crippen molar-refractivity contribution in [2.24, 2.45) is 0 Å². The Morgan fingerprint density at radius 3 is 2.29 bits per heavy atom. The molecule has 2 saturated carbocycles. The first-order valence-electron chi connectivity index (χ1n) is 12.5. The number of nitrogens with zero attached hydrogens (tertiary/aromatic N) is 2. The van der Waals surface area contributed by atoms with Crippen LogP contribution in [0.2, 0.25) is 0 Å². The molecule has 1 aromatic rings. The minimum absolute atomic E-state index is 0.112. The maximum Gasteiger partial charge on any atom is 0.349 e. The summed E-state index contributed by atoms with van der Waals surface area (Å²) >= 11 is 0. The number of hydrogen-bond donors (Lipinski definition) is 5. The second-order valence-corrected chi connectivity index (χ2v) is 11.5. The van der Waals surface area contributed by atoms with E-state index < -0.39 is 74.4 Å². The molecule has 2 aliphatic carbocycles. The second-order valence-electron chi connectivity index (χ2n) is 9.48. The van der Waals surface area contributed by atoms with Crippen molar-refractivity contribution in [2.45, 2.75) is 69.1 Å². The maximum absolute atomic E-state index is 13.3. The van der Waals surface area contributed by atoms with Gasteiger partial charge in [-0.3, -0.25) is 18.7 Å². The average Bonchev–Trinajstić information content (AvgIpc) is 3.75. The number of aliphatic hydroxyl groups excluding tert-OH is 1. The van der Waals surface area contributed by atoms with Gasteiger partial charge in [-0.15, -0.1) is 0 Å². The fourth-order valence-electron chi connectivity index (χ4n) is 4.67. The summed E-state index contributed by atoms with van der Waals surface area (Å²) in [6, 6.07) is 1.01. The first kappa shape index (κ1) is 28.6. The number of hydrogen-bond acceptors (Lipinski definition) is 12. The van der Waals surface area contributed by atoms with Crippen LogP contribution >= 0.6 is 7.67 Å². The van der Waals surface area contributed by atoms with Gasteiger partial charge >= 0.3 is 25.3 Å². The predicted octanol–water partition coefficient (Wildman–Crippen LogP) is -0.948. The van der Waals surface area contributed by atoms with Crippen molar-refractivity contribution in [3.05, 3.63) is 22.7 Å². The third-order valence-electron chi connectivity index (χ3n) is 6.78. The van der Waals surface area contributed by atoms with Crippen LogP contribution in [-0.2, 0) is 32.9 Å². The molecule has 38 heavy (non-hydrogen) atoms. The molecule has 1 aliphatic heterocycles. The molecule has 212 valence electrons. The van der Waals surface area contributed by atoms with Crippen molar-refractivity contribution < 1.29 is 43.1 Å². The monoisotopic (exact) mass is 559 g/mol. The van der Waals surface area contributed by atoms with Crippen LogP contribution in [0.3, 0.4) is 0 Å². The van der Waals surface area contributed by atoms with Gasteiger partial charge in [-0.05, 0) is 39.7 Å². The van der Waals surface area contributed by atoms with E-state index in [9.17, 15) is 29.2 Å². The summed E-state index contributed by atoms with van der Waals surface area (Å²) in [7, 11) is -4.04. The molecule has 3 fully saturated rings. The fraction of sp³-hybridized carbons (Fsp3) is 0.727. The molecular weight excluding hydrogens is 525 g/mol. The Bertz CT molecular complexity index is 1140. The molecular formula is C22H34N5O10P. The van der Waals surface area contributed by atoms with E-state index in [-0.39, 0.29) is 13.2 Å². The van der Waals surface area contributed by atoms with E-state index in [2.05, 4.69) is 20.5 Å². The number of rotatable bonds is 14. The number of aliphatic hydroxyl groups is 2. The summed E-state index contributed by atoms with van der Waals surface area (Å²) in [5.74, 6) is -0.963. The van der Waals surface area contributed by atoms with Gasteiger partial charge in [-0.1, -0.05) is 0 Å². The lowest BCUT2D eigenvalue weighted by molar-refractivity contribution is -0.142. The molecule has 3 unspecified atom stereocenters. The summed E-state index contributed by atoms with van der Waals surface area (Å²) in [4.78, 5) is 40.1. The molecule has 15 nitrogen and oxygen atoms in total. The van der Waals surface area contributed by atoms with Crippen molar-refractivity contribution >= 4 is 25.4 Å².